The maximum atomic E-state index is 11.1. The monoisotopic (exact) mass is 278 g/mol. The van der Waals surface area contributed by atoms with E-state index in [0.717, 1.165) is 0 Å². The molecule has 2 aromatic rings. The van der Waals surface area contributed by atoms with Gasteiger partial charge in [-0.25, -0.2) is 4.79 Å². The van der Waals surface area contributed by atoms with E-state index in [0.29, 0.717) is 5.69 Å². The lowest BCUT2D eigenvalue weighted by molar-refractivity contribution is -0.386. The summed E-state index contributed by atoms with van der Waals surface area (Å²) >= 11 is 0. The maximum Gasteiger partial charge on any atom is 0.339 e. The second kappa shape index (κ2) is 5.34. The Hall–Kier alpha value is -2.97. The van der Waals surface area contributed by atoms with Gasteiger partial charge in [-0.1, -0.05) is 11.3 Å². The van der Waals surface area contributed by atoms with E-state index in [1.165, 1.54) is 22.9 Å². The van der Waals surface area contributed by atoms with Crippen LogP contribution in [0.5, 0.6) is 5.75 Å². The minimum atomic E-state index is -1.30. The molecule has 9 heteroatoms. The average molecular weight is 278 g/mol. The summed E-state index contributed by atoms with van der Waals surface area (Å²) in [6.07, 6.45) is 1.56. The average Bonchev–Trinajstić information content (AvgIpc) is 2.81. The van der Waals surface area contributed by atoms with Gasteiger partial charge in [-0.15, -0.1) is 5.10 Å². The number of benzene rings is 1. The van der Waals surface area contributed by atoms with E-state index in [9.17, 15) is 14.9 Å². The van der Waals surface area contributed by atoms with Crippen LogP contribution in [-0.2, 0) is 13.7 Å². The Kier molecular flexibility index (Phi) is 3.60. The molecular formula is C11H10N4O5. The Morgan fingerprint density at radius 3 is 2.85 bits per heavy atom. The van der Waals surface area contributed by atoms with E-state index < -0.39 is 16.6 Å². The molecule has 1 heterocycles. The minimum Gasteiger partial charge on any atom is -0.480 e. The molecule has 0 aliphatic rings. The summed E-state index contributed by atoms with van der Waals surface area (Å²) in [4.78, 5) is 21.3. The van der Waals surface area contributed by atoms with Gasteiger partial charge in [0, 0.05) is 13.1 Å². The number of hydrogen-bond donors (Lipinski definition) is 1. The number of aromatic nitrogens is 3. The Labute approximate surface area is 112 Å². The third kappa shape index (κ3) is 2.71. The first-order valence-electron chi connectivity index (χ1n) is 5.47. The molecular weight excluding hydrogens is 268 g/mol. The van der Waals surface area contributed by atoms with Gasteiger partial charge < -0.3 is 9.84 Å². The first-order chi connectivity index (χ1) is 9.49. The summed E-state index contributed by atoms with van der Waals surface area (Å²) in [5.41, 5.74) is -0.251. The van der Waals surface area contributed by atoms with Crippen LogP contribution in [0.3, 0.4) is 0 Å². The van der Waals surface area contributed by atoms with E-state index in [4.69, 9.17) is 9.84 Å². The highest BCUT2D eigenvalue weighted by Gasteiger charge is 2.23. The second-order valence-corrected chi connectivity index (χ2v) is 3.89. The summed E-state index contributed by atoms with van der Waals surface area (Å²) in [6, 6.07) is 3.70. The Balaban J connectivity index is 2.32. The summed E-state index contributed by atoms with van der Waals surface area (Å²) < 4.78 is 6.69. The van der Waals surface area contributed by atoms with Crippen molar-refractivity contribution in [2.45, 2.75) is 6.61 Å². The van der Waals surface area contributed by atoms with Crippen molar-refractivity contribution in [2.24, 2.45) is 7.05 Å². The lowest BCUT2D eigenvalue weighted by Crippen LogP contribution is -2.06. The minimum absolute atomic E-state index is 0.112. The van der Waals surface area contributed by atoms with Crippen molar-refractivity contribution in [1.82, 2.24) is 15.0 Å². The van der Waals surface area contributed by atoms with E-state index in [1.807, 2.05) is 0 Å². The summed E-state index contributed by atoms with van der Waals surface area (Å²) in [7, 11) is 1.66. The van der Waals surface area contributed by atoms with Crippen LogP contribution in [0.2, 0.25) is 0 Å². The fourth-order valence-corrected chi connectivity index (χ4v) is 1.60. The lowest BCUT2D eigenvalue weighted by atomic mass is 10.1. The molecule has 1 aromatic heterocycles. The van der Waals surface area contributed by atoms with Crippen molar-refractivity contribution in [3.05, 3.63) is 45.8 Å². The Morgan fingerprint density at radius 2 is 2.30 bits per heavy atom. The molecule has 0 atom stereocenters. The van der Waals surface area contributed by atoms with Crippen LogP contribution in [0.4, 0.5) is 5.69 Å². The number of carboxylic acids is 1. The number of ether oxygens (including phenoxy) is 1. The van der Waals surface area contributed by atoms with Gasteiger partial charge in [0.25, 0.3) is 0 Å². The zero-order valence-corrected chi connectivity index (χ0v) is 10.4. The largest absolute Gasteiger partial charge is 0.480 e. The normalized spacial score (nSPS) is 10.2. The van der Waals surface area contributed by atoms with E-state index in [1.54, 1.807) is 13.2 Å². The third-order valence-electron chi connectivity index (χ3n) is 2.44. The second-order valence-electron chi connectivity index (χ2n) is 3.89. The van der Waals surface area contributed by atoms with Crippen LogP contribution >= 0.6 is 0 Å². The molecule has 0 amide bonds. The highest BCUT2D eigenvalue weighted by atomic mass is 16.6. The number of para-hydroxylation sites is 1. The van der Waals surface area contributed by atoms with Gasteiger partial charge in [0.05, 0.1) is 11.1 Å². The number of carboxylic acid groups (broad SMARTS) is 1. The van der Waals surface area contributed by atoms with Crippen molar-refractivity contribution in [3.63, 3.8) is 0 Å². The summed E-state index contributed by atoms with van der Waals surface area (Å²) in [6.45, 7) is -0.112. The molecule has 0 saturated carbocycles. The van der Waals surface area contributed by atoms with E-state index >= 15 is 0 Å². The van der Waals surface area contributed by atoms with Gasteiger partial charge in [-0.3, -0.25) is 14.8 Å². The van der Waals surface area contributed by atoms with Crippen LogP contribution in [-0.4, -0.2) is 31.0 Å². The van der Waals surface area contributed by atoms with Gasteiger partial charge in [-0.05, 0) is 6.07 Å². The van der Waals surface area contributed by atoms with Gasteiger partial charge in [0.15, 0.2) is 0 Å². The number of aryl methyl sites for hydroxylation is 1. The van der Waals surface area contributed by atoms with Crippen molar-refractivity contribution in [2.75, 3.05) is 0 Å². The maximum absolute atomic E-state index is 11.1. The zero-order valence-electron chi connectivity index (χ0n) is 10.4. The lowest BCUT2D eigenvalue weighted by Gasteiger charge is -2.07. The smallest absolute Gasteiger partial charge is 0.339 e. The van der Waals surface area contributed by atoms with Crippen LogP contribution < -0.4 is 4.74 Å². The van der Waals surface area contributed by atoms with Crippen LogP contribution in [0.15, 0.2) is 24.4 Å². The van der Waals surface area contributed by atoms with Gasteiger partial charge >= 0.3 is 11.7 Å². The van der Waals surface area contributed by atoms with Gasteiger partial charge in [0.2, 0.25) is 5.75 Å². The molecule has 104 valence electrons. The van der Waals surface area contributed by atoms with Crippen molar-refractivity contribution in [3.8, 4) is 5.75 Å². The van der Waals surface area contributed by atoms with Crippen molar-refractivity contribution < 1.29 is 19.6 Å². The van der Waals surface area contributed by atoms with Crippen molar-refractivity contribution >= 4 is 11.7 Å². The molecule has 1 aromatic carbocycles. The molecule has 0 spiro atoms. The standard InChI is InChI=1S/C11H10N4O5/c1-14-5-7(12-13-14)6-20-10-8(11(16)17)3-2-4-9(10)15(18)19/h2-5H,6H2,1H3,(H,16,17). The number of carbonyl (C=O) groups is 1. The van der Waals surface area contributed by atoms with Crippen LogP contribution in [0.1, 0.15) is 16.1 Å². The number of hydrogen-bond acceptors (Lipinski definition) is 6. The summed E-state index contributed by atoms with van der Waals surface area (Å²) in [5, 5.41) is 27.4. The zero-order chi connectivity index (χ0) is 14.7. The highest BCUT2D eigenvalue weighted by Crippen LogP contribution is 2.31. The number of nitro benzene ring substituents is 1. The number of rotatable bonds is 5. The number of aromatic carboxylic acids is 1. The summed E-state index contributed by atoms with van der Waals surface area (Å²) in [5.74, 6) is -1.60. The van der Waals surface area contributed by atoms with Gasteiger partial charge in [-0.2, -0.15) is 0 Å². The molecule has 0 bridgehead atoms. The van der Waals surface area contributed by atoms with Crippen LogP contribution in [0, 0.1) is 10.1 Å². The molecule has 0 unspecified atom stereocenters. The molecule has 0 aliphatic heterocycles. The highest BCUT2D eigenvalue weighted by molar-refractivity contribution is 5.92. The van der Waals surface area contributed by atoms with Crippen molar-refractivity contribution in [1.29, 1.82) is 0 Å². The topological polar surface area (TPSA) is 120 Å². The van der Waals surface area contributed by atoms with E-state index in [-0.39, 0.29) is 17.9 Å². The molecule has 0 fully saturated rings. The molecule has 1 N–H and O–H groups in total. The third-order valence-corrected chi connectivity index (χ3v) is 2.44. The first-order valence-corrected chi connectivity index (χ1v) is 5.47. The predicted molar refractivity (Wildman–Crippen MR) is 65.4 cm³/mol. The van der Waals surface area contributed by atoms with Gasteiger partial charge in [0.1, 0.15) is 17.9 Å². The Bertz CT molecular complexity index is 634. The Morgan fingerprint density at radius 1 is 1.55 bits per heavy atom. The molecule has 0 saturated heterocycles. The SMILES string of the molecule is Cn1cc(COc2c(C(=O)O)cccc2[N+](=O)[O-])nn1. The quantitative estimate of drug-likeness (QED) is 0.639. The molecule has 20 heavy (non-hydrogen) atoms. The molecule has 0 radical (unpaired) electrons. The molecule has 0 aliphatic carbocycles. The number of nitrogens with zero attached hydrogens (tertiary/aromatic N) is 4. The molecule has 9 nitrogen and oxygen atoms in total. The molecule has 2 rings (SSSR count). The fraction of sp³-hybridized carbons (Fsp3) is 0.182. The fourth-order valence-electron chi connectivity index (χ4n) is 1.60. The number of nitro groups is 1. The van der Waals surface area contributed by atoms with E-state index in [2.05, 4.69) is 10.3 Å². The first kappa shape index (κ1) is 13.5. The van der Waals surface area contributed by atoms with Crippen LogP contribution in [0.25, 0.3) is 0 Å². The predicted octanol–water partition coefficient (Wildman–Crippen LogP) is 1.00.